The highest BCUT2D eigenvalue weighted by molar-refractivity contribution is 6.04. The third kappa shape index (κ3) is 3.78. The minimum atomic E-state index is -0.186. The number of anilines is 2. The number of amides is 1. The van der Waals surface area contributed by atoms with Crippen molar-refractivity contribution in [2.75, 3.05) is 17.7 Å². The number of nitrogens with one attached hydrogen (secondary N) is 2. The van der Waals surface area contributed by atoms with Crippen molar-refractivity contribution in [2.45, 2.75) is 26.7 Å². The van der Waals surface area contributed by atoms with Gasteiger partial charge in [0.1, 0.15) is 11.6 Å². The summed E-state index contributed by atoms with van der Waals surface area (Å²) in [6, 6.07) is 7.27. The molecule has 0 spiro atoms. The fourth-order valence-electron chi connectivity index (χ4n) is 1.90. The number of pyridine rings is 2. The summed E-state index contributed by atoms with van der Waals surface area (Å²) in [5, 5.41) is 5.79. The second-order valence-corrected chi connectivity index (χ2v) is 5.24. The van der Waals surface area contributed by atoms with E-state index >= 15 is 0 Å². The van der Waals surface area contributed by atoms with Crippen molar-refractivity contribution in [1.82, 2.24) is 9.97 Å². The fourth-order valence-corrected chi connectivity index (χ4v) is 1.90. The molecule has 110 valence electrons. The van der Waals surface area contributed by atoms with Gasteiger partial charge in [-0.05, 0) is 42.7 Å². The highest BCUT2D eigenvalue weighted by atomic mass is 16.1. The summed E-state index contributed by atoms with van der Waals surface area (Å²) in [5.41, 5.74) is 2.50. The van der Waals surface area contributed by atoms with E-state index in [2.05, 4.69) is 20.6 Å². The second kappa shape index (κ2) is 6.35. The quantitative estimate of drug-likeness (QED) is 0.904. The third-order valence-corrected chi connectivity index (χ3v) is 3.11. The number of carbonyl (C=O) groups is 1. The Morgan fingerprint density at radius 2 is 1.95 bits per heavy atom. The van der Waals surface area contributed by atoms with Gasteiger partial charge in [0.05, 0.1) is 0 Å². The standard InChI is InChI=1S/C16H20N4O/c1-10(2)13-8-12(9-14(17-4)19-13)16(21)20-15-7-11(3)5-6-18-15/h5-10H,1-4H3,(H,17,19)(H,18,20,21). The Balaban J connectivity index is 2.28. The number of nitrogens with zero attached hydrogens (tertiary/aromatic N) is 2. The van der Waals surface area contributed by atoms with E-state index in [1.807, 2.05) is 39.0 Å². The molecule has 0 aliphatic rings. The number of rotatable bonds is 4. The molecule has 2 N–H and O–H groups in total. The molecule has 2 aromatic heterocycles. The molecule has 0 aliphatic carbocycles. The SMILES string of the molecule is CNc1cc(C(=O)Nc2cc(C)ccn2)cc(C(C)C)n1. The molecule has 0 radical (unpaired) electrons. The Morgan fingerprint density at radius 1 is 1.19 bits per heavy atom. The first kappa shape index (κ1) is 15.0. The van der Waals surface area contributed by atoms with Gasteiger partial charge in [0, 0.05) is 24.5 Å². The zero-order valence-electron chi connectivity index (χ0n) is 12.8. The van der Waals surface area contributed by atoms with Crippen molar-refractivity contribution in [3.63, 3.8) is 0 Å². The largest absolute Gasteiger partial charge is 0.373 e. The van der Waals surface area contributed by atoms with Crippen LogP contribution in [0.2, 0.25) is 0 Å². The molecular formula is C16H20N4O. The van der Waals surface area contributed by atoms with Crippen LogP contribution in [-0.4, -0.2) is 22.9 Å². The maximum absolute atomic E-state index is 12.4. The van der Waals surface area contributed by atoms with Crippen molar-refractivity contribution < 1.29 is 4.79 Å². The molecule has 2 rings (SSSR count). The summed E-state index contributed by atoms with van der Waals surface area (Å²) in [5.74, 6) is 1.30. The van der Waals surface area contributed by atoms with Crippen molar-refractivity contribution in [1.29, 1.82) is 0 Å². The fraction of sp³-hybridized carbons (Fsp3) is 0.312. The number of aromatic nitrogens is 2. The van der Waals surface area contributed by atoms with Crippen LogP contribution in [0.25, 0.3) is 0 Å². The predicted octanol–water partition coefficient (Wildman–Crippen LogP) is 3.20. The van der Waals surface area contributed by atoms with Gasteiger partial charge in [-0.1, -0.05) is 13.8 Å². The molecule has 2 aromatic rings. The average molecular weight is 284 g/mol. The summed E-state index contributed by atoms with van der Waals surface area (Å²) >= 11 is 0. The molecule has 2 heterocycles. The van der Waals surface area contributed by atoms with E-state index in [0.717, 1.165) is 11.3 Å². The van der Waals surface area contributed by atoms with E-state index in [4.69, 9.17) is 0 Å². The van der Waals surface area contributed by atoms with Gasteiger partial charge >= 0.3 is 0 Å². The molecule has 0 saturated heterocycles. The molecule has 0 unspecified atom stereocenters. The Labute approximate surface area is 124 Å². The first-order valence-electron chi connectivity index (χ1n) is 6.93. The first-order valence-corrected chi connectivity index (χ1v) is 6.93. The van der Waals surface area contributed by atoms with E-state index in [1.165, 1.54) is 0 Å². The van der Waals surface area contributed by atoms with Gasteiger partial charge in [-0.25, -0.2) is 9.97 Å². The molecule has 5 nitrogen and oxygen atoms in total. The summed E-state index contributed by atoms with van der Waals surface area (Å²) in [7, 11) is 1.79. The van der Waals surface area contributed by atoms with E-state index < -0.39 is 0 Å². The zero-order valence-corrected chi connectivity index (χ0v) is 12.8. The molecule has 21 heavy (non-hydrogen) atoms. The van der Waals surface area contributed by atoms with Crippen LogP contribution in [0.15, 0.2) is 30.5 Å². The van der Waals surface area contributed by atoms with Gasteiger partial charge in [-0.3, -0.25) is 4.79 Å². The first-order chi connectivity index (χ1) is 9.99. The molecule has 0 aliphatic heterocycles. The van der Waals surface area contributed by atoms with E-state index in [0.29, 0.717) is 17.2 Å². The Morgan fingerprint density at radius 3 is 2.57 bits per heavy atom. The summed E-state index contributed by atoms with van der Waals surface area (Å²) in [6.07, 6.45) is 1.68. The van der Waals surface area contributed by atoms with Gasteiger partial charge in [-0.15, -0.1) is 0 Å². The number of hydrogen-bond donors (Lipinski definition) is 2. The predicted molar refractivity (Wildman–Crippen MR) is 84.8 cm³/mol. The van der Waals surface area contributed by atoms with Crippen LogP contribution in [0.5, 0.6) is 0 Å². The minimum Gasteiger partial charge on any atom is -0.373 e. The Kier molecular flexibility index (Phi) is 4.52. The molecule has 0 bridgehead atoms. The number of hydrogen-bond acceptors (Lipinski definition) is 4. The molecule has 0 saturated carbocycles. The van der Waals surface area contributed by atoms with Gasteiger partial charge in [0.25, 0.3) is 5.91 Å². The average Bonchev–Trinajstić information content (AvgIpc) is 2.46. The van der Waals surface area contributed by atoms with Gasteiger partial charge < -0.3 is 10.6 Å². The van der Waals surface area contributed by atoms with Crippen molar-refractivity contribution in [3.05, 3.63) is 47.3 Å². The lowest BCUT2D eigenvalue weighted by Crippen LogP contribution is -2.14. The van der Waals surface area contributed by atoms with Gasteiger partial charge in [0.15, 0.2) is 0 Å². The van der Waals surface area contributed by atoms with E-state index in [-0.39, 0.29) is 11.8 Å². The topological polar surface area (TPSA) is 66.9 Å². The summed E-state index contributed by atoms with van der Waals surface area (Å²) in [4.78, 5) is 21.0. The van der Waals surface area contributed by atoms with Crippen molar-refractivity contribution in [2.24, 2.45) is 0 Å². The smallest absolute Gasteiger partial charge is 0.257 e. The van der Waals surface area contributed by atoms with Crippen LogP contribution in [0.3, 0.4) is 0 Å². The molecule has 0 atom stereocenters. The summed E-state index contributed by atoms with van der Waals surface area (Å²) in [6.45, 7) is 6.05. The van der Waals surface area contributed by atoms with Crippen LogP contribution in [-0.2, 0) is 0 Å². The number of carbonyl (C=O) groups excluding carboxylic acids is 1. The Bertz CT molecular complexity index is 652. The molecule has 0 fully saturated rings. The van der Waals surface area contributed by atoms with Crippen LogP contribution in [0.4, 0.5) is 11.6 Å². The zero-order chi connectivity index (χ0) is 15.4. The monoisotopic (exact) mass is 284 g/mol. The van der Waals surface area contributed by atoms with Crippen molar-refractivity contribution in [3.8, 4) is 0 Å². The van der Waals surface area contributed by atoms with Crippen LogP contribution in [0, 0.1) is 6.92 Å². The maximum atomic E-state index is 12.4. The third-order valence-electron chi connectivity index (χ3n) is 3.11. The summed E-state index contributed by atoms with van der Waals surface area (Å²) < 4.78 is 0. The van der Waals surface area contributed by atoms with Gasteiger partial charge in [0.2, 0.25) is 0 Å². The maximum Gasteiger partial charge on any atom is 0.257 e. The van der Waals surface area contributed by atoms with Crippen LogP contribution < -0.4 is 10.6 Å². The lowest BCUT2D eigenvalue weighted by atomic mass is 10.1. The van der Waals surface area contributed by atoms with Crippen LogP contribution in [0.1, 0.15) is 41.4 Å². The van der Waals surface area contributed by atoms with E-state index in [9.17, 15) is 4.79 Å². The van der Waals surface area contributed by atoms with Crippen molar-refractivity contribution >= 4 is 17.5 Å². The number of aryl methyl sites for hydroxylation is 1. The highest BCUT2D eigenvalue weighted by Crippen LogP contribution is 2.18. The lowest BCUT2D eigenvalue weighted by molar-refractivity contribution is 0.102. The Hall–Kier alpha value is -2.43. The molecule has 0 aromatic carbocycles. The normalized spacial score (nSPS) is 10.5. The van der Waals surface area contributed by atoms with Gasteiger partial charge in [-0.2, -0.15) is 0 Å². The molecule has 5 heteroatoms. The highest BCUT2D eigenvalue weighted by Gasteiger charge is 2.12. The lowest BCUT2D eigenvalue weighted by Gasteiger charge is -2.11. The second-order valence-electron chi connectivity index (χ2n) is 5.24. The van der Waals surface area contributed by atoms with Crippen LogP contribution >= 0.6 is 0 Å². The molecule has 1 amide bonds. The molecular weight excluding hydrogens is 264 g/mol. The minimum absolute atomic E-state index is 0.186. The van der Waals surface area contributed by atoms with E-state index in [1.54, 1.807) is 19.3 Å².